The number of pyridine rings is 1. The van der Waals surface area contributed by atoms with E-state index in [1.807, 2.05) is 31.2 Å². The third-order valence-electron chi connectivity index (χ3n) is 4.47. The summed E-state index contributed by atoms with van der Waals surface area (Å²) in [6, 6.07) is 12.7. The van der Waals surface area contributed by atoms with Gasteiger partial charge in [0.05, 0.1) is 25.2 Å². The van der Waals surface area contributed by atoms with Crippen LogP contribution in [0.4, 0.5) is 0 Å². The van der Waals surface area contributed by atoms with Crippen LogP contribution in [0.1, 0.15) is 35.0 Å². The lowest BCUT2D eigenvalue weighted by molar-refractivity contribution is -0.140. The van der Waals surface area contributed by atoms with Gasteiger partial charge < -0.3 is 14.3 Å². The first-order valence-electron chi connectivity index (χ1n) is 9.00. The van der Waals surface area contributed by atoms with Gasteiger partial charge in [-0.2, -0.15) is 0 Å². The first-order chi connectivity index (χ1) is 14.0. The first-order valence-corrected chi connectivity index (χ1v) is 9.99. The summed E-state index contributed by atoms with van der Waals surface area (Å²) in [6.45, 7) is 2.01. The molecule has 7 heteroatoms. The molecule has 0 fully saturated rings. The van der Waals surface area contributed by atoms with Crippen LogP contribution in [0, 0.1) is 6.92 Å². The minimum Gasteiger partial charge on any atom is -0.502 e. The molecule has 0 spiro atoms. The lowest BCUT2D eigenvalue weighted by atomic mass is 9.93. The molecule has 0 aliphatic rings. The molecule has 2 heterocycles. The molecule has 0 unspecified atom stereocenters. The number of aryl methyl sites for hydroxylation is 1. The Morgan fingerprint density at radius 3 is 2.76 bits per heavy atom. The molecule has 3 aromatic rings. The Labute approximate surface area is 172 Å². The number of rotatable bonds is 7. The number of nitrogens with zero attached hydrogens (tertiary/aromatic N) is 1. The molecule has 1 N–H and O–H groups in total. The summed E-state index contributed by atoms with van der Waals surface area (Å²) in [6.07, 6.45) is 3.08. The topological polar surface area (TPSA) is 89.6 Å². The molecule has 1 atom stereocenters. The van der Waals surface area contributed by atoms with Gasteiger partial charge in [0.2, 0.25) is 11.2 Å². The molecular weight excluding hydrogens is 390 g/mol. The Balaban J connectivity index is 1.96. The Morgan fingerprint density at radius 2 is 2.07 bits per heavy atom. The fourth-order valence-corrected chi connectivity index (χ4v) is 3.83. The van der Waals surface area contributed by atoms with Gasteiger partial charge in [-0.05, 0) is 30.2 Å². The van der Waals surface area contributed by atoms with Gasteiger partial charge in [-0.3, -0.25) is 14.6 Å². The van der Waals surface area contributed by atoms with Crippen molar-refractivity contribution in [2.24, 2.45) is 0 Å². The Hall–Kier alpha value is -3.06. The van der Waals surface area contributed by atoms with Crippen LogP contribution in [0.3, 0.4) is 0 Å². The second-order valence-electron chi connectivity index (χ2n) is 6.46. The lowest BCUT2D eigenvalue weighted by Gasteiger charge is -2.17. The fraction of sp³-hybridized carbons (Fsp3) is 0.227. The summed E-state index contributed by atoms with van der Waals surface area (Å²) in [4.78, 5) is 29.5. The van der Waals surface area contributed by atoms with Crippen LogP contribution in [-0.2, 0) is 15.3 Å². The van der Waals surface area contributed by atoms with E-state index in [4.69, 9.17) is 9.15 Å². The van der Waals surface area contributed by atoms with Crippen molar-refractivity contribution in [1.29, 1.82) is 0 Å². The normalized spacial score (nSPS) is 11.8. The van der Waals surface area contributed by atoms with Gasteiger partial charge in [0.25, 0.3) is 0 Å². The summed E-state index contributed by atoms with van der Waals surface area (Å²) in [7, 11) is 1.29. The van der Waals surface area contributed by atoms with Crippen molar-refractivity contribution in [3.05, 3.63) is 87.7 Å². The SMILES string of the molecule is COC(=O)C[C@@H](c1cccnc1)c1oc(CSc2ccccc2C)cc(=O)c1O. The Morgan fingerprint density at radius 1 is 1.28 bits per heavy atom. The van der Waals surface area contributed by atoms with E-state index >= 15 is 0 Å². The largest absolute Gasteiger partial charge is 0.502 e. The molecule has 3 rings (SSSR count). The molecule has 0 bridgehead atoms. The number of esters is 1. The molecule has 0 saturated heterocycles. The fourth-order valence-electron chi connectivity index (χ4n) is 2.92. The second kappa shape index (κ2) is 9.43. The number of hydrogen-bond donors (Lipinski definition) is 1. The lowest BCUT2D eigenvalue weighted by Crippen LogP contribution is -2.14. The van der Waals surface area contributed by atoms with Gasteiger partial charge in [-0.15, -0.1) is 11.8 Å². The molecule has 29 heavy (non-hydrogen) atoms. The maximum atomic E-state index is 12.4. The smallest absolute Gasteiger partial charge is 0.306 e. The summed E-state index contributed by atoms with van der Waals surface area (Å²) in [5, 5.41) is 10.4. The summed E-state index contributed by atoms with van der Waals surface area (Å²) < 4.78 is 10.7. The van der Waals surface area contributed by atoms with Crippen molar-refractivity contribution in [3.8, 4) is 5.75 Å². The van der Waals surface area contributed by atoms with Gasteiger partial charge in [0, 0.05) is 23.4 Å². The first kappa shape index (κ1) is 20.7. The number of ether oxygens (including phenoxy) is 1. The highest BCUT2D eigenvalue weighted by atomic mass is 32.2. The average molecular weight is 411 g/mol. The van der Waals surface area contributed by atoms with E-state index < -0.39 is 23.1 Å². The van der Waals surface area contributed by atoms with Crippen molar-refractivity contribution in [2.45, 2.75) is 29.9 Å². The number of aromatic nitrogens is 1. The standard InChI is InChI=1S/C22H21NO5S/c1-14-6-3-4-8-19(14)29-13-16-10-18(24)21(26)22(28-16)17(11-20(25)27-2)15-7-5-9-23-12-15/h3-10,12,17,26H,11,13H2,1-2H3/t17-/m0/s1. The molecule has 6 nitrogen and oxygen atoms in total. The number of benzene rings is 1. The third-order valence-corrected chi connectivity index (χ3v) is 5.66. The van der Waals surface area contributed by atoms with E-state index in [9.17, 15) is 14.7 Å². The van der Waals surface area contributed by atoms with Crippen molar-refractivity contribution in [2.75, 3.05) is 7.11 Å². The van der Waals surface area contributed by atoms with Gasteiger partial charge in [0.15, 0.2) is 5.76 Å². The quantitative estimate of drug-likeness (QED) is 0.464. The molecule has 0 amide bonds. The maximum Gasteiger partial charge on any atom is 0.306 e. The van der Waals surface area contributed by atoms with Crippen LogP contribution < -0.4 is 5.43 Å². The monoisotopic (exact) mass is 411 g/mol. The third kappa shape index (κ3) is 5.06. The van der Waals surface area contributed by atoms with Crippen molar-refractivity contribution >= 4 is 17.7 Å². The zero-order valence-electron chi connectivity index (χ0n) is 16.1. The molecule has 0 radical (unpaired) electrons. The van der Waals surface area contributed by atoms with Crippen LogP contribution in [-0.4, -0.2) is 23.2 Å². The molecule has 2 aromatic heterocycles. The molecular formula is C22H21NO5S. The van der Waals surface area contributed by atoms with Crippen LogP contribution in [0.15, 0.2) is 69.0 Å². The van der Waals surface area contributed by atoms with E-state index in [-0.39, 0.29) is 12.2 Å². The van der Waals surface area contributed by atoms with E-state index in [0.717, 1.165) is 10.5 Å². The second-order valence-corrected chi connectivity index (χ2v) is 7.48. The zero-order chi connectivity index (χ0) is 20.8. The average Bonchev–Trinajstić information content (AvgIpc) is 2.74. The maximum absolute atomic E-state index is 12.4. The van der Waals surface area contributed by atoms with Crippen LogP contribution in [0.5, 0.6) is 5.75 Å². The van der Waals surface area contributed by atoms with Crippen LogP contribution in [0.2, 0.25) is 0 Å². The number of carbonyl (C=O) groups excluding carboxylic acids is 1. The van der Waals surface area contributed by atoms with Crippen molar-refractivity contribution in [3.63, 3.8) is 0 Å². The van der Waals surface area contributed by atoms with E-state index in [2.05, 4.69) is 4.98 Å². The van der Waals surface area contributed by atoms with Gasteiger partial charge in [-0.1, -0.05) is 24.3 Å². The Kier molecular flexibility index (Phi) is 6.72. The predicted molar refractivity (Wildman–Crippen MR) is 110 cm³/mol. The highest BCUT2D eigenvalue weighted by Gasteiger charge is 2.26. The summed E-state index contributed by atoms with van der Waals surface area (Å²) >= 11 is 1.53. The van der Waals surface area contributed by atoms with E-state index in [0.29, 0.717) is 17.1 Å². The summed E-state index contributed by atoms with van der Waals surface area (Å²) in [5.74, 6) is -0.822. The predicted octanol–water partition coefficient (Wildman–Crippen LogP) is 4.04. The van der Waals surface area contributed by atoms with Crippen LogP contribution >= 0.6 is 11.8 Å². The number of hydrogen-bond acceptors (Lipinski definition) is 7. The minimum atomic E-state index is -0.688. The number of methoxy groups -OCH3 is 1. The minimum absolute atomic E-state index is 0.0382. The molecule has 0 saturated carbocycles. The highest BCUT2D eigenvalue weighted by molar-refractivity contribution is 7.98. The van der Waals surface area contributed by atoms with Gasteiger partial charge >= 0.3 is 5.97 Å². The Bertz CT molecular complexity index is 1050. The van der Waals surface area contributed by atoms with Crippen LogP contribution in [0.25, 0.3) is 0 Å². The van der Waals surface area contributed by atoms with Gasteiger partial charge in [0.1, 0.15) is 5.76 Å². The molecule has 0 aliphatic carbocycles. The van der Waals surface area contributed by atoms with Crippen molar-refractivity contribution in [1.82, 2.24) is 4.98 Å². The highest BCUT2D eigenvalue weighted by Crippen LogP contribution is 2.34. The number of thioether (sulfide) groups is 1. The van der Waals surface area contributed by atoms with Crippen molar-refractivity contribution < 1.29 is 19.1 Å². The van der Waals surface area contributed by atoms with E-state index in [1.165, 1.54) is 24.9 Å². The number of carbonyl (C=O) groups is 1. The van der Waals surface area contributed by atoms with Gasteiger partial charge in [-0.25, -0.2) is 0 Å². The molecule has 150 valence electrons. The molecule has 1 aromatic carbocycles. The molecule has 0 aliphatic heterocycles. The summed E-state index contributed by atoms with van der Waals surface area (Å²) in [5.41, 5.74) is 1.21. The van der Waals surface area contributed by atoms with E-state index in [1.54, 1.807) is 24.5 Å². The zero-order valence-corrected chi connectivity index (χ0v) is 16.9. The number of aromatic hydroxyl groups is 1.